The number of nitrogens with zero attached hydrogens (tertiary/aromatic N) is 1. The van der Waals surface area contributed by atoms with Crippen molar-refractivity contribution in [3.8, 4) is 0 Å². The molecular formula is C15H17N3O4S. The first-order valence-electron chi connectivity index (χ1n) is 6.88. The molecule has 0 aliphatic heterocycles. The third-order valence-electron chi connectivity index (χ3n) is 3.33. The third-order valence-corrected chi connectivity index (χ3v) is 4.75. The maximum absolute atomic E-state index is 12.2. The highest BCUT2D eigenvalue weighted by atomic mass is 32.2. The monoisotopic (exact) mass is 335 g/mol. The molecule has 7 nitrogen and oxygen atoms in total. The molecule has 2 aromatic rings. The lowest BCUT2D eigenvalue weighted by Gasteiger charge is -2.09. The van der Waals surface area contributed by atoms with Gasteiger partial charge in [-0.25, -0.2) is 13.1 Å². The second kappa shape index (κ2) is 6.86. The molecule has 0 unspecified atom stereocenters. The largest absolute Gasteiger partial charge is 0.324 e. The lowest BCUT2D eigenvalue weighted by atomic mass is 10.1. The van der Waals surface area contributed by atoms with E-state index in [9.17, 15) is 18.5 Å². The van der Waals surface area contributed by atoms with E-state index in [0.29, 0.717) is 0 Å². The highest BCUT2D eigenvalue weighted by Gasteiger charge is 2.15. The molecule has 0 heterocycles. The van der Waals surface area contributed by atoms with Gasteiger partial charge >= 0.3 is 0 Å². The Morgan fingerprint density at radius 2 is 1.70 bits per heavy atom. The molecule has 23 heavy (non-hydrogen) atoms. The molecule has 0 fully saturated rings. The van der Waals surface area contributed by atoms with Crippen LogP contribution in [0.1, 0.15) is 24.1 Å². The van der Waals surface area contributed by atoms with E-state index in [0.717, 1.165) is 23.3 Å². The summed E-state index contributed by atoms with van der Waals surface area (Å²) in [7, 11) is -3.72. The minimum absolute atomic E-state index is 0.0182. The van der Waals surface area contributed by atoms with Gasteiger partial charge in [0.1, 0.15) is 0 Å². The van der Waals surface area contributed by atoms with Crippen LogP contribution in [0.4, 0.5) is 5.69 Å². The van der Waals surface area contributed by atoms with Crippen molar-refractivity contribution in [3.63, 3.8) is 0 Å². The minimum Gasteiger partial charge on any atom is -0.324 e. The van der Waals surface area contributed by atoms with Crippen LogP contribution < -0.4 is 10.5 Å². The van der Waals surface area contributed by atoms with E-state index in [1.807, 2.05) is 19.1 Å². The molecule has 0 amide bonds. The summed E-state index contributed by atoms with van der Waals surface area (Å²) in [5.41, 5.74) is 7.36. The van der Waals surface area contributed by atoms with Crippen LogP contribution in [0.5, 0.6) is 0 Å². The van der Waals surface area contributed by atoms with Crippen LogP contribution in [0, 0.1) is 10.1 Å². The molecule has 0 saturated carbocycles. The average molecular weight is 335 g/mol. The van der Waals surface area contributed by atoms with E-state index in [1.54, 1.807) is 12.1 Å². The van der Waals surface area contributed by atoms with Gasteiger partial charge in [-0.3, -0.25) is 10.1 Å². The maximum Gasteiger partial charge on any atom is 0.269 e. The van der Waals surface area contributed by atoms with Crippen molar-refractivity contribution in [2.75, 3.05) is 0 Å². The van der Waals surface area contributed by atoms with Gasteiger partial charge in [-0.1, -0.05) is 24.3 Å². The molecule has 2 rings (SSSR count). The topological polar surface area (TPSA) is 115 Å². The predicted octanol–water partition coefficient (Wildman–Crippen LogP) is 2.09. The number of nitrogens with one attached hydrogen (secondary N) is 1. The predicted molar refractivity (Wildman–Crippen MR) is 86.2 cm³/mol. The first-order chi connectivity index (χ1) is 10.8. The molecule has 122 valence electrons. The minimum atomic E-state index is -3.72. The van der Waals surface area contributed by atoms with Gasteiger partial charge in [0.2, 0.25) is 10.0 Å². The second-order valence-electron chi connectivity index (χ2n) is 5.11. The van der Waals surface area contributed by atoms with Crippen LogP contribution in [-0.2, 0) is 16.6 Å². The number of non-ortho nitro benzene ring substituents is 1. The fourth-order valence-corrected chi connectivity index (χ4v) is 2.97. The maximum atomic E-state index is 12.2. The smallest absolute Gasteiger partial charge is 0.269 e. The van der Waals surface area contributed by atoms with E-state index >= 15 is 0 Å². The Morgan fingerprint density at radius 3 is 2.17 bits per heavy atom. The number of rotatable bonds is 6. The lowest BCUT2D eigenvalue weighted by molar-refractivity contribution is -0.384. The van der Waals surface area contributed by atoms with Gasteiger partial charge < -0.3 is 5.73 Å². The van der Waals surface area contributed by atoms with E-state index in [4.69, 9.17) is 5.73 Å². The fraction of sp³-hybridized carbons (Fsp3) is 0.200. The number of nitro groups is 1. The van der Waals surface area contributed by atoms with Crippen molar-refractivity contribution in [1.29, 1.82) is 0 Å². The van der Waals surface area contributed by atoms with Crippen molar-refractivity contribution in [3.05, 3.63) is 69.8 Å². The summed E-state index contributed by atoms with van der Waals surface area (Å²) in [6.45, 7) is 1.99. The van der Waals surface area contributed by atoms with E-state index in [2.05, 4.69) is 4.72 Å². The van der Waals surface area contributed by atoms with Crippen LogP contribution in [-0.4, -0.2) is 13.3 Å². The molecular weight excluding hydrogens is 318 g/mol. The van der Waals surface area contributed by atoms with Gasteiger partial charge in [0.05, 0.1) is 9.82 Å². The average Bonchev–Trinajstić information content (AvgIpc) is 2.53. The molecule has 0 aromatic heterocycles. The van der Waals surface area contributed by atoms with Crippen LogP contribution >= 0.6 is 0 Å². The summed E-state index contributed by atoms with van der Waals surface area (Å²) < 4.78 is 26.8. The Hall–Kier alpha value is -2.29. The molecule has 0 spiro atoms. The van der Waals surface area contributed by atoms with Gasteiger partial charge in [-0.2, -0.15) is 0 Å². The summed E-state index contributed by atoms with van der Waals surface area (Å²) in [6, 6.07) is 12.0. The van der Waals surface area contributed by atoms with Crippen molar-refractivity contribution < 1.29 is 13.3 Å². The molecule has 3 N–H and O–H groups in total. The molecule has 2 aromatic carbocycles. The van der Waals surface area contributed by atoms with Crippen LogP contribution in [0.25, 0.3) is 0 Å². The molecule has 1 atom stereocenters. The van der Waals surface area contributed by atoms with Crippen molar-refractivity contribution in [2.24, 2.45) is 5.73 Å². The molecule has 0 saturated heterocycles. The standard InChI is InChI=1S/C15H17N3O4S/c1-11(16)13-4-2-12(3-5-13)10-17-23(21,22)15-8-6-14(7-9-15)18(19)20/h2-9,11,17H,10,16H2,1H3/t11-/m1/s1. The number of sulfonamides is 1. The lowest BCUT2D eigenvalue weighted by Crippen LogP contribution is -2.23. The summed E-state index contributed by atoms with van der Waals surface area (Å²) in [5.74, 6) is 0. The number of benzene rings is 2. The SMILES string of the molecule is C[C@@H](N)c1ccc(CNS(=O)(=O)c2ccc([N+](=O)[O-])cc2)cc1. The van der Waals surface area contributed by atoms with Crippen LogP contribution in [0.3, 0.4) is 0 Å². The molecule has 8 heteroatoms. The summed E-state index contributed by atoms with van der Waals surface area (Å²) in [4.78, 5) is 9.98. The van der Waals surface area contributed by atoms with E-state index in [1.165, 1.54) is 12.1 Å². The summed E-state index contributed by atoms with van der Waals surface area (Å²) in [5, 5.41) is 10.6. The molecule has 0 aliphatic carbocycles. The Morgan fingerprint density at radius 1 is 1.13 bits per heavy atom. The number of nitrogens with two attached hydrogens (primary N) is 1. The van der Waals surface area contributed by atoms with Crippen LogP contribution in [0.2, 0.25) is 0 Å². The fourth-order valence-electron chi connectivity index (χ4n) is 1.95. The van der Waals surface area contributed by atoms with Crippen molar-refractivity contribution >= 4 is 15.7 Å². The molecule has 0 radical (unpaired) electrons. The van der Waals surface area contributed by atoms with E-state index in [-0.39, 0.29) is 23.2 Å². The number of nitro benzene ring substituents is 1. The van der Waals surface area contributed by atoms with Crippen molar-refractivity contribution in [1.82, 2.24) is 4.72 Å². The highest BCUT2D eigenvalue weighted by molar-refractivity contribution is 7.89. The third kappa shape index (κ3) is 4.35. The van der Waals surface area contributed by atoms with Crippen molar-refractivity contribution in [2.45, 2.75) is 24.4 Å². The van der Waals surface area contributed by atoms with Gasteiger partial charge in [0.15, 0.2) is 0 Å². The Bertz CT molecular complexity index is 784. The first-order valence-corrected chi connectivity index (χ1v) is 8.36. The number of hydrogen-bond acceptors (Lipinski definition) is 5. The van der Waals surface area contributed by atoms with Gasteiger partial charge in [-0.15, -0.1) is 0 Å². The quantitative estimate of drug-likeness (QED) is 0.619. The Labute approximate surface area is 134 Å². The van der Waals surface area contributed by atoms with E-state index < -0.39 is 14.9 Å². The Kier molecular flexibility index (Phi) is 5.09. The first kappa shape index (κ1) is 17.1. The molecule has 0 bridgehead atoms. The number of hydrogen-bond donors (Lipinski definition) is 2. The zero-order valence-electron chi connectivity index (χ0n) is 12.5. The zero-order chi connectivity index (χ0) is 17.0. The van der Waals surface area contributed by atoms with Crippen LogP contribution in [0.15, 0.2) is 53.4 Å². The second-order valence-corrected chi connectivity index (χ2v) is 6.87. The van der Waals surface area contributed by atoms with Gasteiger partial charge in [-0.05, 0) is 30.2 Å². The zero-order valence-corrected chi connectivity index (χ0v) is 13.3. The normalized spacial score (nSPS) is 12.8. The highest BCUT2D eigenvalue weighted by Crippen LogP contribution is 2.16. The summed E-state index contributed by atoms with van der Waals surface area (Å²) in [6.07, 6.45) is 0. The van der Waals surface area contributed by atoms with Gasteiger partial charge in [0.25, 0.3) is 5.69 Å². The van der Waals surface area contributed by atoms with Gasteiger partial charge in [0, 0.05) is 24.7 Å². The Balaban J connectivity index is 2.07. The summed E-state index contributed by atoms with van der Waals surface area (Å²) >= 11 is 0. The molecule has 0 aliphatic rings.